The van der Waals surface area contributed by atoms with Crippen LogP contribution in [0.4, 0.5) is 17.7 Å². The molecule has 2 aromatic rings. The second-order valence-electron chi connectivity index (χ2n) is 2.50. The Hall–Kier alpha value is -2.24. The Balaban J connectivity index is 2.19. The fourth-order valence-corrected chi connectivity index (χ4v) is 0.897. The van der Waals surface area contributed by atoms with Crippen LogP contribution in [0.2, 0.25) is 0 Å². The first-order valence-corrected chi connectivity index (χ1v) is 3.97. The van der Waals surface area contributed by atoms with E-state index in [9.17, 15) is 0 Å². The molecule has 0 aromatic carbocycles. The molecule has 0 aliphatic rings. The maximum atomic E-state index is 5.48. The molecule has 0 aliphatic heterocycles. The van der Waals surface area contributed by atoms with Crippen LogP contribution in [0.3, 0.4) is 0 Å². The molecule has 2 heterocycles. The van der Waals surface area contributed by atoms with E-state index in [1.807, 2.05) is 0 Å². The van der Waals surface area contributed by atoms with Crippen LogP contribution in [0.5, 0.6) is 0 Å². The predicted molar refractivity (Wildman–Crippen MR) is 51.8 cm³/mol. The zero-order valence-electron chi connectivity index (χ0n) is 7.25. The van der Waals surface area contributed by atoms with E-state index < -0.39 is 0 Å². The van der Waals surface area contributed by atoms with E-state index in [4.69, 9.17) is 5.73 Å². The second kappa shape index (κ2) is 3.65. The highest BCUT2D eigenvalue weighted by atomic mass is 15.2. The highest BCUT2D eigenvalue weighted by Gasteiger charge is 1.98. The highest BCUT2D eigenvalue weighted by molar-refractivity contribution is 5.44. The van der Waals surface area contributed by atoms with Crippen molar-refractivity contribution in [3.05, 3.63) is 30.7 Å². The van der Waals surface area contributed by atoms with Crippen molar-refractivity contribution in [3.63, 3.8) is 0 Å². The number of hydrogen-bond donors (Lipinski definition) is 2. The molecule has 6 nitrogen and oxygen atoms in total. The third-order valence-corrected chi connectivity index (χ3v) is 1.47. The highest BCUT2D eigenvalue weighted by Crippen LogP contribution is 2.06. The summed E-state index contributed by atoms with van der Waals surface area (Å²) in [6.45, 7) is 0. The predicted octanol–water partition coefficient (Wildman–Crippen LogP) is 0.592. The summed E-state index contributed by atoms with van der Waals surface area (Å²) < 4.78 is 0. The molecule has 0 amide bonds. The zero-order valence-corrected chi connectivity index (χ0v) is 7.25. The summed E-state index contributed by atoms with van der Waals surface area (Å²) in [7, 11) is 0. The zero-order chi connectivity index (χ0) is 9.80. The molecule has 70 valence electrons. The van der Waals surface area contributed by atoms with Crippen molar-refractivity contribution < 1.29 is 0 Å². The molecule has 0 bridgehead atoms. The number of rotatable bonds is 2. The van der Waals surface area contributed by atoms with Crippen LogP contribution < -0.4 is 11.1 Å². The summed E-state index contributed by atoms with van der Waals surface area (Å²) in [6.07, 6.45) is 4.82. The Kier molecular flexibility index (Phi) is 2.18. The van der Waals surface area contributed by atoms with Gasteiger partial charge in [-0.15, -0.1) is 0 Å². The van der Waals surface area contributed by atoms with Crippen molar-refractivity contribution in [2.75, 3.05) is 11.1 Å². The maximum Gasteiger partial charge on any atom is 0.231 e. The van der Waals surface area contributed by atoms with E-state index in [-0.39, 0.29) is 0 Å². The average Bonchev–Trinajstić information content (AvgIpc) is 2.19. The van der Waals surface area contributed by atoms with Gasteiger partial charge >= 0.3 is 0 Å². The van der Waals surface area contributed by atoms with Crippen molar-refractivity contribution in [2.45, 2.75) is 0 Å². The van der Waals surface area contributed by atoms with Crippen LogP contribution in [0.25, 0.3) is 0 Å². The first-order valence-electron chi connectivity index (χ1n) is 3.97. The number of nitrogens with zero attached hydrogens (tertiary/aromatic N) is 4. The lowest BCUT2D eigenvalue weighted by Gasteiger charge is -2.01. The minimum atomic E-state index is 0.385. The molecule has 14 heavy (non-hydrogen) atoms. The van der Waals surface area contributed by atoms with Crippen molar-refractivity contribution in [1.29, 1.82) is 0 Å². The molecule has 2 rings (SSSR count). The molecule has 0 saturated carbocycles. The second-order valence-corrected chi connectivity index (χ2v) is 2.50. The molecule has 0 saturated heterocycles. The van der Waals surface area contributed by atoms with Gasteiger partial charge in [-0.05, 0) is 12.1 Å². The van der Waals surface area contributed by atoms with E-state index in [0.717, 1.165) is 0 Å². The lowest BCUT2D eigenvalue weighted by atomic mass is 10.6. The van der Waals surface area contributed by atoms with E-state index in [1.54, 1.807) is 30.7 Å². The molecular formula is C8H8N6. The third kappa shape index (κ3) is 1.92. The standard InChI is InChI=1S/C8H8N6/c9-6-2-5-12-8(13-6)14-7-10-3-1-4-11-7/h1-5H,(H3,9,10,11,12,13,14). The summed E-state index contributed by atoms with van der Waals surface area (Å²) >= 11 is 0. The summed E-state index contributed by atoms with van der Waals surface area (Å²) in [5, 5.41) is 2.82. The van der Waals surface area contributed by atoms with Gasteiger partial charge in [0, 0.05) is 18.6 Å². The van der Waals surface area contributed by atoms with Gasteiger partial charge in [-0.2, -0.15) is 4.98 Å². The monoisotopic (exact) mass is 188 g/mol. The van der Waals surface area contributed by atoms with E-state index in [0.29, 0.717) is 17.7 Å². The molecule has 2 aromatic heterocycles. The minimum Gasteiger partial charge on any atom is -0.384 e. The summed E-state index contributed by atoms with van der Waals surface area (Å²) in [5.74, 6) is 1.23. The molecule has 3 N–H and O–H groups in total. The summed E-state index contributed by atoms with van der Waals surface area (Å²) in [5.41, 5.74) is 5.48. The summed E-state index contributed by atoms with van der Waals surface area (Å²) in [6, 6.07) is 3.34. The number of nitrogens with one attached hydrogen (secondary N) is 1. The number of nitrogen functional groups attached to an aromatic ring is 1. The van der Waals surface area contributed by atoms with E-state index in [2.05, 4.69) is 25.3 Å². The normalized spacial score (nSPS) is 9.71. The van der Waals surface area contributed by atoms with Crippen LogP contribution in [0, 0.1) is 0 Å². The summed E-state index contributed by atoms with van der Waals surface area (Å²) in [4.78, 5) is 15.8. The first kappa shape index (κ1) is 8.36. The van der Waals surface area contributed by atoms with E-state index >= 15 is 0 Å². The Morgan fingerprint density at radius 3 is 2.43 bits per heavy atom. The topological polar surface area (TPSA) is 89.6 Å². The van der Waals surface area contributed by atoms with Crippen molar-refractivity contribution in [1.82, 2.24) is 19.9 Å². The fourth-order valence-electron chi connectivity index (χ4n) is 0.897. The van der Waals surface area contributed by atoms with Gasteiger partial charge in [-0.1, -0.05) is 0 Å². The molecule has 0 fully saturated rings. The van der Waals surface area contributed by atoms with Crippen molar-refractivity contribution >= 4 is 17.7 Å². The molecule has 0 spiro atoms. The number of anilines is 3. The Morgan fingerprint density at radius 2 is 1.71 bits per heavy atom. The quantitative estimate of drug-likeness (QED) is 0.717. The molecule has 0 radical (unpaired) electrons. The number of aromatic nitrogens is 4. The van der Waals surface area contributed by atoms with Gasteiger partial charge in [0.05, 0.1) is 0 Å². The lowest BCUT2D eigenvalue weighted by molar-refractivity contribution is 1.11. The van der Waals surface area contributed by atoms with Crippen molar-refractivity contribution in [2.24, 2.45) is 0 Å². The van der Waals surface area contributed by atoms with Gasteiger partial charge in [-0.25, -0.2) is 15.0 Å². The smallest absolute Gasteiger partial charge is 0.231 e. The number of nitrogens with two attached hydrogens (primary N) is 1. The van der Waals surface area contributed by atoms with Crippen LogP contribution >= 0.6 is 0 Å². The first-order chi connectivity index (χ1) is 6.84. The van der Waals surface area contributed by atoms with Gasteiger partial charge in [0.25, 0.3) is 0 Å². The Bertz CT molecular complexity index is 415. The Morgan fingerprint density at radius 1 is 1.00 bits per heavy atom. The largest absolute Gasteiger partial charge is 0.384 e. The van der Waals surface area contributed by atoms with Gasteiger partial charge in [-0.3, -0.25) is 5.32 Å². The molecule has 0 unspecified atom stereocenters. The van der Waals surface area contributed by atoms with Crippen LogP contribution in [-0.4, -0.2) is 19.9 Å². The average molecular weight is 188 g/mol. The van der Waals surface area contributed by atoms with Gasteiger partial charge in [0.1, 0.15) is 5.82 Å². The SMILES string of the molecule is Nc1ccnc(Nc2ncccn2)n1. The minimum absolute atomic E-state index is 0.385. The molecule has 6 heteroatoms. The molecule has 0 aliphatic carbocycles. The lowest BCUT2D eigenvalue weighted by Crippen LogP contribution is -2.01. The van der Waals surface area contributed by atoms with Gasteiger partial charge in [0.15, 0.2) is 0 Å². The van der Waals surface area contributed by atoms with Crippen LogP contribution in [0.15, 0.2) is 30.7 Å². The van der Waals surface area contributed by atoms with Gasteiger partial charge in [0.2, 0.25) is 11.9 Å². The number of hydrogen-bond acceptors (Lipinski definition) is 6. The third-order valence-electron chi connectivity index (χ3n) is 1.47. The maximum absolute atomic E-state index is 5.48. The van der Waals surface area contributed by atoms with Crippen molar-refractivity contribution in [3.8, 4) is 0 Å². The van der Waals surface area contributed by atoms with E-state index in [1.165, 1.54) is 0 Å². The molecule has 0 atom stereocenters. The van der Waals surface area contributed by atoms with Gasteiger partial charge < -0.3 is 5.73 Å². The Labute approximate surface area is 80.3 Å². The molecular weight excluding hydrogens is 180 g/mol. The van der Waals surface area contributed by atoms with Crippen LogP contribution in [0.1, 0.15) is 0 Å². The fraction of sp³-hybridized carbons (Fsp3) is 0. The van der Waals surface area contributed by atoms with Crippen LogP contribution in [-0.2, 0) is 0 Å².